The maximum absolute atomic E-state index is 12.9. The summed E-state index contributed by atoms with van der Waals surface area (Å²) in [5.74, 6) is -1.64. The Morgan fingerprint density at radius 2 is 1.61 bits per heavy atom. The molecule has 31 heavy (non-hydrogen) atoms. The molecular weight excluding hydrogens is 416 g/mol. The second-order valence-corrected chi connectivity index (χ2v) is 8.58. The van der Waals surface area contributed by atoms with E-state index < -0.39 is 21.9 Å². The van der Waals surface area contributed by atoms with Gasteiger partial charge in [0.05, 0.1) is 21.7 Å². The number of amides is 1. The molecule has 0 bridgehead atoms. The first-order chi connectivity index (χ1) is 14.8. The molecule has 0 saturated carbocycles. The van der Waals surface area contributed by atoms with Crippen LogP contribution in [-0.2, 0) is 16.4 Å². The first-order valence-electron chi connectivity index (χ1n) is 9.56. The molecule has 0 radical (unpaired) electrons. The Hall–Kier alpha value is -3.65. The van der Waals surface area contributed by atoms with Gasteiger partial charge in [-0.1, -0.05) is 48.5 Å². The average molecular weight is 439 g/mol. The number of para-hydroxylation sites is 1. The number of sulfonamides is 1. The van der Waals surface area contributed by atoms with Crippen LogP contribution in [0.4, 0.5) is 5.69 Å². The van der Waals surface area contributed by atoms with E-state index in [1.807, 2.05) is 30.3 Å². The molecule has 3 rings (SSSR count). The number of rotatable bonds is 8. The standard InChI is InChI=1S/C23H22N2O5S/c1-16-11-12-18(23(27)28)15-21(16)31(29,30)25-20-10-6-5-9-19(20)22(26)24-14-13-17-7-3-2-4-8-17/h2-12,15,25H,13-14H2,1H3,(H,24,26)(H,27,28). The van der Waals surface area contributed by atoms with Gasteiger partial charge in [-0.3, -0.25) is 9.52 Å². The average Bonchev–Trinajstić information content (AvgIpc) is 2.74. The molecule has 0 spiro atoms. The summed E-state index contributed by atoms with van der Waals surface area (Å²) in [6.45, 7) is 1.96. The van der Waals surface area contributed by atoms with E-state index in [9.17, 15) is 18.0 Å². The molecule has 3 aromatic carbocycles. The Labute approximate surface area is 180 Å². The van der Waals surface area contributed by atoms with Crippen molar-refractivity contribution in [2.24, 2.45) is 0 Å². The van der Waals surface area contributed by atoms with Crippen LogP contribution in [0.1, 0.15) is 31.8 Å². The number of aromatic carboxylic acids is 1. The van der Waals surface area contributed by atoms with E-state index in [0.717, 1.165) is 11.6 Å². The van der Waals surface area contributed by atoms with Crippen molar-refractivity contribution in [3.63, 3.8) is 0 Å². The number of anilines is 1. The van der Waals surface area contributed by atoms with Gasteiger partial charge in [-0.25, -0.2) is 13.2 Å². The molecule has 7 nitrogen and oxygen atoms in total. The van der Waals surface area contributed by atoms with Crippen LogP contribution < -0.4 is 10.0 Å². The first kappa shape index (κ1) is 22.0. The molecule has 0 saturated heterocycles. The number of carbonyl (C=O) groups is 2. The molecule has 8 heteroatoms. The van der Waals surface area contributed by atoms with Crippen molar-refractivity contribution < 1.29 is 23.1 Å². The zero-order valence-electron chi connectivity index (χ0n) is 16.8. The fourth-order valence-electron chi connectivity index (χ4n) is 3.05. The molecule has 0 aromatic heterocycles. The fraction of sp³-hybridized carbons (Fsp3) is 0.130. The monoisotopic (exact) mass is 438 g/mol. The quantitative estimate of drug-likeness (QED) is 0.499. The smallest absolute Gasteiger partial charge is 0.335 e. The zero-order chi connectivity index (χ0) is 22.4. The second-order valence-electron chi connectivity index (χ2n) is 6.93. The van der Waals surface area contributed by atoms with Crippen LogP contribution in [-0.4, -0.2) is 31.9 Å². The van der Waals surface area contributed by atoms with Crippen LogP contribution in [0.2, 0.25) is 0 Å². The van der Waals surface area contributed by atoms with Gasteiger partial charge >= 0.3 is 5.97 Å². The second kappa shape index (κ2) is 9.44. The lowest BCUT2D eigenvalue weighted by Crippen LogP contribution is -2.27. The Kier molecular flexibility index (Phi) is 6.71. The summed E-state index contributed by atoms with van der Waals surface area (Å²) in [5, 5.41) is 12.0. The van der Waals surface area contributed by atoms with Crippen LogP contribution in [0.5, 0.6) is 0 Å². The Morgan fingerprint density at radius 3 is 2.32 bits per heavy atom. The summed E-state index contributed by atoms with van der Waals surface area (Å²) in [5.41, 5.74) is 1.61. The topological polar surface area (TPSA) is 113 Å². The lowest BCUT2D eigenvalue weighted by Gasteiger charge is -2.14. The molecule has 3 aromatic rings. The van der Waals surface area contributed by atoms with Crippen LogP contribution in [0, 0.1) is 6.92 Å². The molecular formula is C23H22N2O5S. The fourth-order valence-corrected chi connectivity index (χ4v) is 4.40. The Bertz CT molecular complexity index is 1210. The van der Waals surface area contributed by atoms with E-state index in [1.54, 1.807) is 19.1 Å². The number of hydrogen-bond donors (Lipinski definition) is 3. The number of carbonyl (C=O) groups excluding carboxylic acids is 1. The normalized spacial score (nSPS) is 11.0. The molecule has 1 amide bonds. The van der Waals surface area contributed by atoms with E-state index in [-0.39, 0.29) is 21.7 Å². The van der Waals surface area contributed by atoms with E-state index in [1.165, 1.54) is 24.3 Å². The van der Waals surface area contributed by atoms with Crippen molar-refractivity contribution in [1.82, 2.24) is 5.32 Å². The highest BCUT2D eigenvalue weighted by Gasteiger charge is 2.21. The zero-order valence-corrected chi connectivity index (χ0v) is 17.6. The van der Waals surface area contributed by atoms with Crippen molar-refractivity contribution in [3.8, 4) is 0 Å². The van der Waals surface area contributed by atoms with Crippen LogP contribution >= 0.6 is 0 Å². The molecule has 0 aliphatic heterocycles. The first-order valence-corrected chi connectivity index (χ1v) is 11.0. The molecule has 0 aliphatic rings. The number of benzene rings is 3. The highest BCUT2D eigenvalue weighted by Crippen LogP contribution is 2.23. The summed E-state index contributed by atoms with van der Waals surface area (Å²) in [6.07, 6.45) is 0.641. The van der Waals surface area contributed by atoms with Gasteiger partial charge < -0.3 is 10.4 Å². The van der Waals surface area contributed by atoms with E-state index >= 15 is 0 Å². The minimum absolute atomic E-state index is 0.111. The van der Waals surface area contributed by atoms with E-state index in [4.69, 9.17) is 5.11 Å². The number of carboxylic acids is 1. The van der Waals surface area contributed by atoms with Gasteiger partial charge in [0.25, 0.3) is 15.9 Å². The molecule has 0 unspecified atom stereocenters. The van der Waals surface area contributed by atoms with Gasteiger partial charge in [-0.05, 0) is 48.7 Å². The van der Waals surface area contributed by atoms with E-state index in [0.29, 0.717) is 18.5 Å². The molecule has 0 atom stereocenters. The highest BCUT2D eigenvalue weighted by atomic mass is 32.2. The van der Waals surface area contributed by atoms with Crippen LogP contribution in [0.25, 0.3) is 0 Å². The SMILES string of the molecule is Cc1ccc(C(=O)O)cc1S(=O)(=O)Nc1ccccc1C(=O)NCCc1ccccc1. The summed E-state index contributed by atoms with van der Waals surface area (Å²) < 4.78 is 28.3. The van der Waals surface area contributed by atoms with Gasteiger partial charge in [0.2, 0.25) is 0 Å². The molecule has 3 N–H and O–H groups in total. The molecule has 0 heterocycles. The summed E-state index contributed by atoms with van der Waals surface area (Å²) >= 11 is 0. The number of hydrogen-bond acceptors (Lipinski definition) is 4. The minimum atomic E-state index is -4.11. The van der Waals surface area contributed by atoms with Crippen molar-refractivity contribution >= 4 is 27.6 Å². The van der Waals surface area contributed by atoms with Gasteiger partial charge in [0, 0.05) is 6.54 Å². The van der Waals surface area contributed by atoms with Crippen molar-refractivity contribution in [2.45, 2.75) is 18.2 Å². The van der Waals surface area contributed by atoms with E-state index in [2.05, 4.69) is 10.0 Å². The van der Waals surface area contributed by atoms with Crippen LogP contribution in [0.3, 0.4) is 0 Å². The minimum Gasteiger partial charge on any atom is -0.478 e. The van der Waals surface area contributed by atoms with Gasteiger partial charge in [0.1, 0.15) is 0 Å². The molecule has 160 valence electrons. The summed E-state index contributed by atoms with van der Waals surface area (Å²) in [6, 6.07) is 19.8. The van der Waals surface area contributed by atoms with Gasteiger partial charge in [-0.15, -0.1) is 0 Å². The number of aryl methyl sites for hydroxylation is 1. The van der Waals surface area contributed by atoms with Crippen molar-refractivity contribution in [1.29, 1.82) is 0 Å². The Morgan fingerprint density at radius 1 is 0.935 bits per heavy atom. The highest BCUT2D eigenvalue weighted by molar-refractivity contribution is 7.92. The third-order valence-electron chi connectivity index (χ3n) is 4.68. The van der Waals surface area contributed by atoms with Crippen LogP contribution in [0.15, 0.2) is 77.7 Å². The van der Waals surface area contributed by atoms with Gasteiger partial charge in [0.15, 0.2) is 0 Å². The maximum atomic E-state index is 12.9. The summed E-state index contributed by atoms with van der Waals surface area (Å²) in [4.78, 5) is 23.7. The third-order valence-corrected chi connectivity index (χ3v) is 6.19. The van der Waals surface area contributed by atoms with Crippen molar-refractivity contribution in [3.05, 3.63) is 95.1 Å². The summed E-state index contributed by atoms with van der Waals surface area (Å²) in [7, 11) is -4.11. The lowest BCUT2D eigenvalue weighted by molar-refractivity contribution is 0.0696. The van der Waals surface area contributed by atoms with Crippen molar-refractivity contribution in [2.75, 3.05) is 11.3 Å². The predicted molar refractivity (Wildman–Crippen MR) is 118 cm³/mol. The lowest BCUT2D eigenvalue weighted by atomic mass is 10.1. The predicted octanol–water partition coefficient (Wildman–Crippen LogP) is 3.47. The molecule has 0 fully saturated rings. The third kappa shape index (κ3) is 5.49. The largest absolute Gasteiger partial charge is 0.478 e. The maximum Gasteiger partial charge on any atom is 0.335 e. The Balaban J connectivity index is 1.79. The number of nitrogens with one attached hydrogen (secondary N) is 2. The number of carboxylic acid groups (broad SMARTS) is 1. The molecule has 0 aliphatic carbocycles. The van der Waals surface area contributed by atoms with Gasteiger partial charge in [-0.2, -0.15) is 0 Å².